The normalized spacial score (nSPS) is 20.5. The third-order valence-corrected chi connectivity index (χ3v) is 3.80. The molecular formula is C13H12N4O4. The molecular weight excluding hydrogens is 276 g/mol. The number of hydrogen-bond acceptors (Lipinski definition) is 4. The Hall–Kier alpha value is -2.90. The van der Waals surface area contributed by atoms with E-state index in [1.807, 2.05) is 0 Å². The summed E-state index contributed by atoms with van der Waals surface area (Å²) in [6.45, 7) is 1.67. The van der Waals surface area contributed by atoms with Crippen molar-refractivity contribution < 1.29 is 14.5 Å². The third kappa shape index (κ3) is 1.83. The maximum Gasteiger partial charge on any atom is 0.322 e. The summed E-state index contributed by atoms with van der Waals surface area (Å²) in [5.41, 5.74) is 1.81. The first-order valence-electron chi connectivity index (χ1n) is 6.25. The molecule has 3 rings (SSSR count). The summed E-state index contributed by atoms with van der Waals surface area (Å²) < 4.78 is 0. The van der Waals surface area contributed by atoms with E-state index in [0.717, 1.165) is 0 Å². The number of hydrogen-bond donors (Lipinski definition) is 2. The molecule has 8 heteroatoms. The van der Waals surface area contributed by atoms with Crippen molar-refractivity contribution in [1.82, 2.24) is 10.2 Å². The fraction of sp³-hybridized carbons (Fsp3) is 0.231. The summed E-state index contributed by atoms with van der Waals surface area (Å²) in [5.74, 6) is -0.314. The van der Waals surface area contributed by atoms with Crippen molar-refractivity contribution in [2.24, 2.45) is 0 Å². The molecule has 2 heterocycles. The maximum absolute atomic E-state index is 12.2. The lowest BCUT2D eigenvalue weighted by molar-refractivity contribution is -0.384. The number of fused-ring (bicyclic) bond motifs is 3. The summed E-state index contributed by atoms with van der Waals surface area (Å²) in [6.07, 6.45) is 0. The highest BCUT2D eigenvalue weighted by atomic mass is 16.6. The quantitative estimate of drug-likeness (QED) is 0.603. The van der Waals surface area contributed by atoms with E-state index in [9.17, 15) is 19.7 Å². The molecule has 2 N–H and O–H groups in total. The Morgan fingerprint density at radius 1 is 1.33 bits per heavy atom. The molecule has 21 heavy (non-hydrogen) atoms. The van der Waals surface area contributed by atoms with Crippen molar-refractivity contribution in [1.29, 1.82) is 0 Å². The molecule has 0 bridgehead atoms. The van der Waals surface area contributed by atoms with E-state index in [4.69, 9.17) is 0 Å². The summed E-state index contributed by atoms with van der Waals surface area (Å²) in [7, 11) is 1.56. The zero-order chi connectivity index (χ0) is 15.3. The Morgan fingerprint density at radius 2 is 2.05 bits per heavy atom. The molecule has 1 aromatic rings. The van der Waals surface area contributed by atoms with Gasteiger partial charge in [-0.15, -0.1) is 0 Å². The molecule has 0 saturated carbocycles. The molecule has 1 unspecified atom stereocenters. The van der Waals surface area contributed by atoms with Gasteiger partial charge in [-0.25, -0.2) is 4.79 Å². The van der Waals surface area contributed by atoms with E-state index in [1.165, 1.54) is 23.1 Å². The van der Waals surface area contributed by atoms with Crippen molar-refractivity contribution in [2.45, 2.75) is 13.0 Å². The lowest BCUT2D eigenvalue weighted by Gasteiger charge is -2.36. The predicted octanol–water partition coefficient (Wildman–Crippen LogP) is 1.52. The van der Waals surface area contributed by atoms with Gasteiger partial charge in [0.15, 0.2) is 0 Å². The number of allylic oxidation sites excluding steroid dienone is 1. The van der Waals surface area contributed by atoms with Gasteiger partial charge in [-0.2, -0.15) is 0 Å². The molecule has 2 aliphatic heterocycles. The zero-order valence-corrected chi connectivity index (χ0v) is 11.3. The Bertz CT molecular complexity index is 725. The number of nitro groups is 1. The summed E-state index contributed by atoms with van der Waals surface area (Å²) in [6, 6.07) is 3.14. The van der Waals surface area contributed by atoms with Crippen molar-refractivity contribution in [2.75, 3.05) is 12.4 Å². The number of rotatable bonds is 1. The molecule has 1 aromatic carbocycles. The standard InChI is InChI=1S/C13H12N4O4/c1-6-10-11(15-13(19)16(6)2)8-5-7(17(20)21)3-4-9(8)14-12(10)18/h3-5,11H,1-2H3,(H,14,18)(H,15,19). The molecule has 8 nitrogen and oxygen atoms in total. The monoisotopic (exact) mass is 288 g/mol. The van der Waals surface area contributed by atoms with Crippen molar-refractivity contribution >= 4 is 23.3 Å². The van der Waals surface area contributed by atoms with Gasteiger partial charge in [0.1, 0.15) is 0 Å². The first kappa shape index (κ1) is 13.1. The fourth-order valence-corrected chi connectivity index (χ4v) is 2.57. The van der Waals surface area contributed by atoms with Crippen molar-refractivity contribution in [3.63, 3.8) is 0 Å². The second-order valence-corrected chi connectivity index (χ2v) is 4.92. The van der Waals surface area contributed by atoms with E-state index in [-0.39, 0.29) is 17.6 Å². The Balaban J connectivity index is 2.20. The number of amides is 3. The Kier molecular flexibility index (Phi) is 2.68. The minimum Gasteiger partial charge on any atom is -0.326 e. The molecule has 0 fully saturated rings. The number of urea groups is 1. The SMILES string of the molecule is CC1=C2C(=O)Nc3ccc([N+](=O)[O-])cc3C2NC(=O)N1C. The first-order chi connectivity index (χ1) is 9.90. The highest BCUT2D eigenvalue weighted by Gasteiger charge is 2.39. The van der Waals surface area contributed by atoms with Gasteiger partial charge in [0.25, 0.3) is 11.6 Å². The highest BCUT2D eigenvalue weighted by Crippen LogP contribution is 2.39. The number of benzene rings is 1. The van der Waals surface area contributed by atoms with Crippen LogP contribution < -0.4 is 10.6 Å². The number of anilines is 1. The van der Waals surface area contributed by atoms with E-state index >= 15 is 0 Å². The molecule has 2 aliphatic rings. The van der Waals surface area contributed by atoms with Crippen LogP contribution in [0.15, 0.2) is 29.5 Å². The van der Waals surface area contributed by atoms with Crippen LogP contribution in [0.3, 0.4) is 0 Å². The smallest absolute Gasteiger partial charge is 0.322 e. The van der Waals surface area contributed by atoms with Gasteiger partial charge < -0.3 is 15.5 Å². The van der Waals surface area contributed by atoms with E-state index in [2.05, 4.69) is 10.6 Å². The van der Waals surface area contributed by atoms with Crippen molar-refractivity contribution in [3.05, 3.63) is 45.1 Å². The van der Waals surface area contributed by atoms with Crippen LogP contribution in [0.1, 0.15) is 18.5 Å². The first-order valence-corrected chi connectivity index (χ1v) is 6.25. The number of nitrogens with one attached hydrogen (secondary N) is 2. The molecule has 3 amide bonds. The number of non-ortho nitro benzene ring substituents is 1. The zero-order valence-electron chi connectivity index (χ0n) is 11.3. The molecule has 108 valence electrons. The van der Waals surface area contributed by atoms with Gasteiger partial charge in [-0.1, -0.05) is 0 Å². The largest absolute Gasteiger partial charge is 0.326 e. The second-order valence-electron chi connectivity index (χ2n) is 4.92. The minimum absolute atomic E-state index is 0.0879. The summed E-state index contributed by atoms with van der Waals surface area (Å²) in [4.78, 5) is 35.8. The van der Waals surface area contributed by atoms with Crippen LogP contribution in [0.2, 0.25) is 0 Å². The second kappa shape index (κ2) is 4.30. The number of carbonyl (C=O) groups excluding carboxylic acids is 2. The molecule has 0 radical (unpaired) electrons. The van der Waals surface area contributed by atoms with Gasteiger partial charge >= 0.3 is 6.03 Å². The minimum atomic E-state index is -0.669. The molecule has 0 aromatic heterocycles. The van der Waals surface area contributed by atoms with Gasteiger partial charge in [-0.05, 0) is 13.0 Å². The van der Waals surface area contributed by atoms with Gasteiger partial charge in [0.2, 0.25) is 0 Å². The molecule has 0 saturated heterocycles. The van der Waals surface area contributed by atoms with Gasteiger partial charge in [0, 0.05) is 36.1 Å². The van der Waals surface area contributed by atoms with E-state index in [1.54, 1.807) is 14.0 Å². The van der Waals surface area contributed by atoms with Crippen LogP contribution in [0, 0.1) is 10.1 Å². The topological polar surface area (TPSA) is 105 Å². The molecule has 0 spiro atoms. The number of nitro benzene ring substituents is 1. The van der Waals surface area contributed by atoms with Gasteiger partial charge in [-0.3, -0.25) is 14.9 Å². The average Bonchev–Trinajstić information content (AvgIpc) is 2.44. The number of carbonyl (C=O) groups is 2. The Labute approximate surface area is 119 Å². The van der Waals surface area contributed by atoms with Crippen LogP contribution in [0.4, 0.5) is 16.2 Å². The summed E-state index contributed by atoms with van der Waals surface area (Å²) >= 11 is 0. The third-order valence-electron chi connectivity index (χ3n) is 3.80. The Morgan fingerprint density at radius 3 is 2.71 bits per heavy atom. The van der Waals surface area contributed by atoms with Crippen molar-refractivity contribution in [3.8, 4) is 0 Å². The average molecular weight is 288 g/mol. The van der Waals surface area contributed by atoms with Crippen LogP contribution in [0.25, 0.3) is 0 Å². The van der Waals surface area contributed by atoms with E-state index < -0.39 is 11.0 Å². The van der Waals surface area contributed by atoms with Gasteiger partial charge in [0.05, 0.1) is 16.5 Å². The highest BCUT2D eigenvalue weighted by molar-refractivity contribution is 6.09. The van der Waals surface area contributed by atoms with Crippen LogP contribution in [-0.2, 0) is 4.79 Å². The lowest BCUT2D eigenvalue weighted by atomic mass is 9.89. The maximum atomic E-state index is 12.2. The van der Waals surface area contributed by atoms with Crippen LogP contribution >= 0.6 is 0 Å². The predicted molar refractivity (Wildman–Crippen MR) is 73.5 cm³/mol. The molecule has 1 atom stereocenters. The lowest BCUT2D eigenvalue weighted by Crippen LogP contribution is -2.48. The fourth-order valence-electron chi connectivity index (χ4n) is 2.57. The van der Waals surface area contributed by atoms with Crippen LogP contribution in [0.5, 0.6) is 0 Å². The van der Waals surface area contributed by atoms with E-state index in [0.29, 0.717) is 22.5 Å². The van der Waals surface area contributed by atoms with Crippen LogP contribution in [-0.4, -0.2) is 28.8 Å². The molecule has 0 aliphatic carbocycles. The summed E-state index contributed by atoms with van der Waals surface area (Å²) in [5, 5.41) is 16.3. The number of nitrogens with zero attached hydrogens (tertiary/aromatic N) is 2.